The van der Waals surface area contributed by atoms with Crippen molar-refractivity contribution in [3.63, 3.8) is 0 Å². The zero-order valence-corrected chi connectivity index (χ0v) is 13.5. The van der Waals surface area contributed by atoms with Gasteiger partial charge < -0.3 is 5.32 Å². The summed E-state index contributed by atoms with van der Waals surface area (Å²) < 4.78 is 0. The lowest BCUT2D eigenvalue weighted by Crippen LogP contribution is -2.24. The van der Waals surface area contributed by atoms with Gasteiger partial charge >= 0.3 is 0 Å². The topological polar surface area (TPSA) is 24.9 Å². The van der Waals surface area contributed by atoms with Crippen LogP contribution >= 0.6 is 11.3 Å². The van der Waals surface area contributed by atoms with Crippen molar-refractivity contribution in [1.82, 2.24) is 10.3 Å². The smallest absolute Gasteiger partial charge is 0.0602 e. The third-order valence-corrected chi connectivity index (χ3v) is 4.42. The molecule has 2 nitrogen and oxygen atoms in total. The van der Waals surface area contributed by atoms with Crippen LogP contribution in [0.1, 0.15) is 47.5 Å². The van der Waals surface area contributed by atoms with E-state index in [1.165, 1.54) is 21.7 Å². The molecule has 2 aromatic heterocycles. The summed E-state index contributed by atoms with van der Waals surface area (Å²) in [6.07, 6.45) is 5.36. The van der Waals surface area contributed by atoms with Gasteiger partial charge in [-0.2, -0.15) is 0 Å². The largest absolute Gasteiger partial charge is 0.309 e. The standard InChI is InChI=1S/C17H24N2S/c1-4-9-18-16(8-7-15-6-5-10-20-15)17-14(3)11-13(2)12-19-17/h5-6,10-12,16,18H,4,7-9H2,1-3H3. The van der Waals surface area contributed by atoms with E-state index >= 15 is 0 Å². The number of nitrogens with one attached hydrogen (secondary N) is 1. The van der Waals surface area contributed by atoms with E-state index in [4.69, 9.17) is 0 Å². The van der Waals surface area contributed by atoms with Gasteiger partial charge in [0.1, 0.15) is 0 Å². The van der Waals surface area contributed by atoms with Crippen LogP contribution in [0.5, 0.6) is 0 Å². The Hall–Kier alpha value is -1.19. The highest BCUT2D eigenvalue weighted by Crippen LogP contribution is 2.22. The summed E-state index contributed by atoms with van der Waals surface area (Å²) in [5.41, 5.74) is 3.74. The monoisotopic (exact) mass is 288 g/mol. The zero-order chi connectivity index (χ0) is 14.4. The molecule has 1 atom stereocenters. The number of hydrogen-bond donors (Lipinski definition) is 1. The first-order valence-corrected chi connectivity index (χ1v) is 8.27. The van der Waals surface area contributed by atoms with Crippen molar-refractivity contribution in [2.24, 2.45) is 0 Å². The van der Waals surface area contributed by atoms with Crippen LogP contribution in [0.3, 0.4) is 0 Å². The molecule has 0 bridgehead atoms. The summed E-state index contributed by atoms with van der Waals surface area (Å²) in [7, 11) is 0. The summed E-state index contributed by atoms with van der Waals surface area (Å²) in [6, 6.07) is 6.94. The molecule has 0 radical (unpaired) electrons. The Labute approximate surface area is 126 Å². The van der Waals surface area contributed by atoms with Crippen molar-refractivity contribution in [1.29, 1.82) is 0 Å². The third-order valence-electron chi connectivity index (χ3n) is 3.49. The molecule has 0 amide bonds. The molecule has 108 valence electrons. The van der Waals surface area contributed by atoms with E-state index in [9.17, 15) is 0 Å². The molecule has 20 heavy (non-hydrogen) atoms. The Morgan fingerprint density at radius 1 is 1.35 bits per heavy atom. The SMILES string of the molecule is CCCNC(CCc1cccs1)c1ncc(C)cc1C. The van der Waals surface area contributed by atoms with E-state index in [0.29, 0.717) is 6.04 Å². The Morgan fingerprint density at radius 2 is 2.20 bits per heavy atom. The Morgan fingerprint density at radius 3 is 2.85 bits per heavy atom. The van der Waals surface area contributed by atoms with Gasteiger partial charge in [0.05, 0.1) is 11.7 Å². The molecule has 2 heterocycles. The second-order valence-corrected chi connectivity index (χ2v) is 6.37. The highest BCUT2D eigenvalue weighted by Gasteiger charge is 2.15. The van der Waals surface area contributed by atoms with Gasteiger partial charge in [-0.1, -0.05) is 19.1 Å². The first-order chi connectivity index (χ1) is 9.70. The van der Waals surface area contributed by atoms with Crippen LogP contribution in [-0.4, -0.2) is 11.5 Å². The fourth-order valence-corrected chi connectivity index (χ4v) is 3.21. The summed E-state index contributed by atoms with van der Waals surface area (Å²) >= 11 is 1.84. The van der Waals surface area contributed by atoms with Crippen molar-refractivity contribution >= 4 is 11.3 Å². The molecule has 0 saturated carbocycles. The molecular weight excluding hydrogens is 264 g/mol. The number of hydrogen-bond acceptors (Lipinski definition) is 3. The van der Waals surface area contributed by atoms with Crippen molar-refractivity contribution in [3.8, 4) is 0 Å². The lowest BCUT2D eigenvalue weighted by molar-refractivity contribution is 0.488. The molecule has 2 aromatic rings. The van der Waals surface area contributed by atoms with Gasteiger partial charge in [0, 0.05) is 11.1 Å². The summed E-state index contributed by atoms with van der Waals surface area (Å²) in [5.74, 6) is 0. The molecular formula is C17H24N2S. The predicted molar refractivity (Wildman–Crippen MR) is 87.4 cm³/mol. The molecule has 1 unspecified atom stereocenters. The van der Waals surface area contributed by atoms with E-state index in [-0.39, 0.29) is 0 Å². The fraction of sp³-hybridized carbons (Fsp3) is 0.471. The molecule has 1 N–H and O–H groups in total. The lowest BCUT2D eigenvalue weighted by Gasteiger charge is -2.20. The quantitative estimate of drug-likeness (QED) is 0.815. The van der Waals surface area contributed by atoms with Gasteiger partial charge in [0.2, 0.25) is 0 Å². The maximum atomic E-state index is 4.67. The number of rotatable bonds is 7. The number of aryl methyl sites for hydroxylation is 3. The number of nitrogens with zero attached hydrogens (tertiary/aromatic N) is 1. The van der Waals surface area contributed by atoms with Crippen molar-refractivity contribution < 1.29 is 0 Å². The average molecular weight is 288 g/mol. The number of pyridine rings is 1. The van der Waals surface area contributed by atoms with Gasteiger partial charge in [-0.25, -0.2) is 0 Å². The minimum Gasteiger partial charge on any atom is -0.309 e. The summed E-state index contributed by atoms with van der Waals surface area (Å²) in [4.78, 5) is 6.13. The first kappa shape index (κ1) is 15.2. The van der Waals surface area contributed by atoms with Crippen LogP contribution in [0.2, 0.25) is 0 Å². The van der Waals surface area contributed by atoms with Crippen LogP contribution < -0.4 is 5.32 Å². The molecule has 3 heteroatoms. The second-order valence-electron chi connectivity index (χ2n) is 5.34. The number of aromatic nitrogens is 1. The fourth-order valence-electron chi connectivity index (χ4n) is 2.49. The maximum Gasteiger partial charge on any atom is 0.0602 e. The molecule has 0 fully saturated rings. The summed E-state index contributed by atoms with van der Waals surface area (Å²) in [6.45, 7) is 7.52. The van der Waals surface area contributed by atoms with Crippen LogP contribution in [0.4, 0.5) is 0 Å². The Bertz CT molecular complexity index is 520. The minimum absolute atomic E-state index is 0.359. The van der Waals surface area contributed by atoms with Gasteiger partial charge in [-0.05, 0) is 62.2 Å². The molecule has 0 saturated heterocycles. The van der Waals surface area contributed by atoms with Crippen LogP contribution in [0.15, 0.2) is 29.8 Å². The molecule has 0 aromatic carbocycles. The molecule has 0 aliphatic carbocycles. The van der Waals surface area contributed by atoms with E-state index in [2.05, 4.69) is 54.7 Å². The van der Waals surface area contributed by atoms with Gasteiger partial charge in [-0.3, -0.25) is 4.98 Å². The van der Waals surface area contributed by atoms with Gasteiger partial charge in [-0.15, -0.1) is 11.3 Å². The van der Waals surface area contributed by atoms with Crippen LogP contribution in [0, 0.1) is 13.8 Å². The lowest BCUT2D eigenvalue weighted by atomic mass is 10.0. The summed E-state index contributed by atoms with van der Waals surface area (Å²) in [5, 5.41) is 5.80. The normalized spacial score (nSPS) is 12.6. The third kappa shape index (κ3) is 4.15. The maximum absolute atomic E-state index is 4.67. The molecule has 0 spiro atoms. The molecule has 0 aliphatic rings. The van der Waals surface area contributed by atoms with E-state index in [1.807, 2.05) is 17.5 Å². The van der Waals surface area contributed by atoms with Gasteiger partial charge in [0.15, 0.2) is 0 Å². The first-order valence-electron chi connectivity index (χ1n) is 7.39. The highest BCUT2D eigenvalue weighted by molar-refractivity contribution is 7.09. The van der Waals surface area contributed by atoms with E-state index in [1.54, 1.807) is 0 Å². The second kappa shape index (κ2) is 7.55. The van der Waals surface area contributed by atoms with Crippen molar-refractivity contribution in [3.05, 3.63) is 51.5 Å². The van der Waals surface area contributed by atoms with Crippen molar-refractivity contribution in [2.75, 3.05) is 6.54 Å². The van der Waals surface area contributed by atoms with E-state index in [0.717, 1.165) is 25.8 Å². The zero-order valence-electron chi connectivity index (χ0n) is 12.6. The van der Waals surface area contributed by atoms with Crippen molar-refractivity contribution in [2.45, 2.75) is 46.1 Å². The molecule has 2 rings (SSSR count). The average Bonchev–Trinajstić information content (AvgIpc) is 2.93. The highest BCUT2D eigenvalue weighted by atomic mass is 32.1. The van der Waals surface area contributed by atoms with E-state index < -0.39 is 0 Å². The molecule has 0 aliphatic heterocycles. The Balaban J connectivity index is 2.09. The number of thiophene rings is 1. The minimum atomic E-state index is 0.359. The van der Waals surface area contributed by atoms with Crippen LogP contribution in [-0.2, 0) is 6.42 Å². The van der Waals surface area contributed by atoms with Gasteiger partial charge in [0.25, 0.3) is 0 Å². The Kier molecular flexibility index (Phi) is 5.74. The van der Waals surface area contributed by atoms with Crippen LogP contribution in [0.25, 0.3) is 0 Å². The predicted octanol–water partition coefficient (Wildman–Crippen LogP) is 4.43.